The summed E-state index contributed by atoms with van der Waals surface area (Å²) in [6, 6.07) is 21.9. The molecular weight excluding hydrogens is 432 g/mol. The SMILES string of the molecule is C[C@H]1C(=O)N(Cc2ccccc2)[C@@H](Cc2ccc([N+](=O)[O-])cc2)c2nc3ccccc3c(=O)n21. The van der Waals surface area contributed by atoms with E-state index in [-0.39, 0.29) is 17.2 Å². The molecule has 34 heavy (non-hydrogen) atoms. The summed E-state index contributed by atoms with van der Waals surface area (Å²) in [6.07, 6.45) is 0.369. The van der Waals surface area contributed by atoms with Crippen molar-refractivity contribution < 1.29 is 9.72 Å². The Morgan fingerprint density at radius 1 is 0.912 bits per heavy atom. The first-order valence-electron chi connectivity index (χ1n) is 11.0. The predicted octanol–water partition coefficient (Wildman–Crippen LogP) is 4.19. The van der Waals surface area contributed by atoms with Crippen LogP contribution in [0.1, 0.15) is 36.0 Å². The number of amides is 1. The summed E-state index contributed by atoms with van der Waals surface area (Å²) in [6.45, 7) is 2.09. The van der Waals surface area contributed by atoms with Gasteiger partial charge in [0.05, 0.1) is 21.9 Å². The molecule has 0 radical (unpaired) electrons. The average molecular weight is 454 g/mol. The smallest absolute Gasteiger partial charge is 0.269 e. The number of hydrogen-bond acceptors (Lipinski definition) is 5. The largest absolute Gasteiger partial charge is 0.326 e. The van der Waals surface area contributed by atoms with Gasteiger partial charge in [-0.05, 0) is 30.2 Å². The molecule has 1 aromatic heterocycles. The Hall–Kier alpha value is -4.33. The van der Waals surface area contributed by atoms with E-state index in [2.05, 4.69) is 0 Å². The number of benzene rings is 3. The number of nitrogens with zero attached hydrogens (tertiary/aromatic N) is 4. The predicted molar refractivity (Wildman–Crippen MR) is 127 cm³/mol. The number of hydrogen-bond donors (Lipinski definition) is 0. The maximum absolute atomic E-state index is 13.6. The Morgan fingerprint density at radius 2 is 1.59 bits per heavy atom. The van der Waals surface area contributed by atoms with Gasteiger partial charge in [0.25, 0.3) is 11.2 Å². The zero-order valence-corrected chi connectivity index (χ0v) is 18.5. The van der Waals surface area contributed by atoms with Gasteiger partial charge in [0, 0.05) is 25.1 Å². The van der Waals surface area contributed by atoms with E-state index in [1.165, 1.54) is 16.7 Å². The fourth-order valence-corrected chi connectivity index (χ4v) is 4.56. The van der Waals surface area contributed by atoms with Gasteiger partial charge in [0.2, 0.25) is 5.91 Å². The fraction of sp³-hybridized carbons (Fsp3) is 0.192. The minimum absolute atomic E-state index is 0.000951. The van der Waals surface area contributed by atoms with E-state index in [4.69, 9.17) is 4.98 Å². The summed E-state index contributed by atoms with van der Waals surface area (Å²) >= 11 is 0. The zero-order valence-electron chi connectivity index (χ0n) is 18.5. The summed E-state index contributed by atoms with van der Waals surface area (Å²) < 4.78 is 1.50. The molecule has 8 nitrogen and oxygen atoms in total. The molecule has 3 aromatic carbocycles. The average Bonchev–Trinajstić information content (AvgIpc) is 2.85. The number of carbonyl (C=O) groups excluding carboxylic acids is 1. The highest BCUT2D eigenvalue weighted by Crippen LogP contribution is 2.34. The van der Waals surface area contributed by atoms with Crippen LogP contribution in [0, 0.1) is 10.1 Å². The highest BCUT2D eigenvalue weighted by Gasteiger charge is 2.39. The van der Waals surface area contributed by atoms with E-state index in [0.717, 1.165) is 11.1 Å². The summed E-state index contributed by atoms with van der Waals surface area (Å²) in [5, 5.41) is 11.5. The Kier molecular flexibility index (Phi) is 5.41. The number of rotatable bonds is 5. The van der Waals surface area contributed by atoms with Crippen molar-refractivity contribution in [3.8, 4) is 0 Å². The Labute approximate surface area is 195 Å². The van der Waals surface area contributed by atoms with Crippen LogP contribution < -0.4 is 5.56 Å². The molecule has 0 N–H and O–H groups in total. The van der Waals surface area contributed by atoms with Crippen molar-refractivity contribution in [3.63, 3.8) is 0 Å². The van der Waals surface area contributed by atoms with Crippen LogP contribution in [0.4, 0.5) is 5.69 Å². The molecule has 0 spiro atoms. The van der Waals surface area contributed by atoms with Crippen molar-refractivity contribution >= 4 is 22.5 Å². The Balaban J connectivity index is 1.65. The number of fused-ring (bicyclic) bond motifs is 2. The highest BCUT2D eigenvalue weighted by atomic mass is 16.6. The van der Waals surface area contributed by atoms with Gasteiger partial charge in [-0.1, -0.05) is 54.6 Å². The second-order valence-corrected chi connectivity index (χ2v) is 8.43. The van der Waals surface area contributed by atoms with Gasteiger partial charge in [-0.3, -0.25) is 24.3 Å². The molecule has 4 aromatic rings. The summed E-state index contributed by atoms with van der Waals surface area (Å²) in [7, 11) is 0. The monoisotopic (exact) mass is 454 g/mol. The molecule has 1 amide bonds. The molecule has 5 rings (SSSR count). The standard InChI is InChI=1S/C26H22N4O4/c1-17-25(31)28(16-19-7-3-2-4-8-19)23(15-18-11-13-20(14-12-18)30(33)34)24-27-22-10-6-5-9-21(22)26(32)29(17)24/h2-14,17,23H,15-16H2,1H3/t17-,23-/m0/s1. The molecule has 0 fully saturated rings. The third-order valence-electron chi connectivity index (χ3n) is 6.31. The minimum atomic E-state index is -0.698. The maximum Gasteiger partial charge on any atom is 0.269 e. The van der Waals surface area contributed by atoms with Crippen LogP contribution in [0.2, 0.25) is 0 Å². The van der Waals surface area contributed by atoms with Crippen LogP contribution in [0.15, 0.2) is 83.7 Å². The van der Waals surface area contributed by atoms with Crippen molar-refractivity contribution in [1.29, 1.82) is 0 Å². The molecule has 0 saturated heterocycles. The first kappa shape index (κ1) is 21.5. The van der Waals surface area contributed by atoms with E-state index in [1.807, 2.05) is 36.4 Å². The van der Waals surface area contributed by atoms with E-state index < -0.39 is 17.0 Å². The lowest BCUT2D eigenvalue weighted by Gasteiger charge is -2.40. The summed E-state index contributed by atoms with van der Waals surface area (Å²) in [5.41, 5.74) is 2.11. The van der Waals surface area contributed by atoms with Crippen LogP contribution in [-0.4, -0.2) is 25.3 Å². The second kappa shape index (κ2) is 8.55. The van der Waals surface area contributed by atoms with Gasteiger partial charge < -0.3 is 4.90 Å². The molecule has 170 valence electrons. The highest BCUT2D eigenvalue weighted by molar-refractivity contribution is 5.84. The van der Waals surface area contributed by atoms with Crippen LogP contribution in [0.5, 0.6) is 0 Å². The third kappa shape index (κ3) is 3.73. The first-order valence-corrected chi connectivity index (χ1v) is 11.0. The number of nitro groups is 1. The molecule has 2 heterocycles. The van der Waals surface area contributed by atoms with Gasteiger partial charge in [-0.2, -0.15) is 0 Å². The molecule has 0 unspecified atom stereocenters. The Morgan fingerprint density at radius 3 is 2.29 bits per heavy atom. The van der Waals surface area contributed by atoms with Crippen molar-refractivity contribution in [2.75, 3.05) is 0 Å². The van der Waals surface area contributed by atoms with E-state index in [1.54, 1.807) is 42.2 Å². The van der Waals surface area contributed by atoms with Gasteiger partial charge in [-0.15, -0.1) is 0 Å². The lowest BCUT2D eigenvalue weighted by atomic mass is 9.98. The summed E-state index contributed by atoms with van der Waals surface area (Å²) in [5.74, 6) is 0.354. The van der Waals surface area contributed by atoms with Crippen molar-refractivity contribution in [3.05, 3.63) is 116 Å². The number of aromatic nitrogens is 2. The number of non-ortho nitro benzene ring substituents is 1. The van der Waals surface area contributed by atoms with E-state index >= 15 is 0 Å². The van der Waals surface area contributed by atoms with Gasteiger partial charge >= 0.3 is 0 Å². The topological polar surface area (TPSA) is 98.3 Å². The van der Waals surface area contributed by atoms with Crippen molar-refractivity contribution in [2.24, 2.45) is 0 Å². The van der Waals surface area contributed by atoms with Crippen LogP contribution in [0.25, 0.3) is 10.9 Å². The molecule has 1 aliphatic rings. The van der Waals surface area contributed by atoms with E-state index in [9.17, 15) is 19.7 Å². The number of carbonyl (C=O) groups is 1. The molecule has 1 aliphatic heterocycles. The van der Waals surface area contributed by atoms with Gasteiger partial charge in [-0.25, -0.2) is 4.98 Å². The molecule has 0 saturated carbocycles. The molecule has 8 heteroatoms. The Bertz CT molecular complexity index is 1450. The van der Waals surface area contributed by atoms with Gasteiger partial charge in [0.15, 0.2) is 0 Å². The molecule has 0 aliphatic carbocycles. The van der Waals surface area contributed by atoms with E-state index in [0.29, 0.717) is 29.7 Å². The van der Waals surface area contributed by atoms with Crippen molar-refractivity contribution in [1.82, 2.24) is 14.5 Å². The van der Waals surface area contributed by atoms with Crippen LogP contribution in [0.3, 0.4) is 0 Å². The van der Waals surface area contributed by atoms with Crippen LogP contribution in [-0.2, 0) is 17.8 Å². The van der Waals surface area contributed by atoms with Crippen molar-refractivity contribution in [2.45, 2.75) is 32.0 Å². The normalized spacial score (nSPS) is 17.6. The fourth-order valence-electron chi connectivity index (χ4n) is 4.56. The summed E-state index contributed by atoms with van der Waals surface area (Å²) in [4.78, 5) is 44.2. The van der Waals surface area contributed by atoms with Crippen LogP contribution >= 0.6 is 0 Å². The second-order valence-electron chi connectivity index (χ2n) is 8.43. The number of para-hydroxylation sites is 1. The lowest BCUT2D eigenvalue weighted by Crippen LogP contribution is -2.49. The maximum atomic E-state index is 13.6. The quantitative estimate of drug-likeness (QED) is 0.333. The molecule has 2 atom stereocenters. The third-order valence-corrected chi connectivity index (χ3v) is 6.31. The number of nitro benzene ring substituents is 1. The first-order chi connectivity index (χ1) is 16.4. The minimum Gasteiger partial charge on any atom is -0.326 e. The zero-order chi connectivity index (χ0) is 23.8. The molecular formula is C26H22N4O4. The molecule has 0 bridgehead atoms. The lowest BCUT2D eigenvalue weighted by molar-refractivity contribution is -0.384. The van der Waals surface area contributed by atoms with Gasteiger partial charge in [0.1, 0.15) is 11.9 Å².